The average molecular weight is 582 g/mol. The van der Waals surface area contributed by atoms with E-state index in [-0.39, 0.29) is 27.7 Å². The van der Waals surface area contributed by atoms with Crippen LogP contribution in [0.25, 0.3) is 0 Å². The number of methoxy groups -OCH3 is 2. The molecule has 1 heterocycles. The lowest BCUT2D eigenvalue weighted by Crippen LogP contribution is -2.29. The first-order chi connectivity index (χ1) is 18.3. The summed E-state index contributed by atoms with van der Waals surface area (Å²) in [6.07, 6.45) is 0.672. The number of halogens is 3. The van der Waals surface area contributed by atoms with Crippen molar-refractivity contribution in [2.45, 2.75) is 38.9 Å². The Bertz CT molecular complexity index is 1360. The minimum Gasteiger partial charge on any atom is -0.493 e. The molecule has 2 N–H and O–H groups in total. The summed E-state index contributed by atoms with van der Waals surface area (Å²) in [5.74, 6) is -1.07. The molecule has 0 saturated carbocycles. The maximum atomic E-state index is 15.0. The Hall–Kier alpha value is -3.76. The molecule has 39 heavy (non-hydrogen) atoms. The van der Waals surface area contributed by atoms with Gasteiger partial charge in [0.2, 0.25) is 12.4 Å². The highest BCUT2D eigenvalue weighted by atomic mass is 35.5. The van der Waals surface area contributed by atoms with Crippen LogP contribution in [0.1, 0.15) is 48.4 Å². The number of nitrogens with one attached hydrogen (secondary N) is 1. The Morgan fingerprint density at radius 2 is 1.67 bits per heavy atom. The van der Waals surface area contributed by atoms with Crippen molar-refractivity contribution in [2.24, 2.45) is 0 Å². The molecule has 0 spiro atoms. The fourth-order valence-electron chi connectivity index (χ4n) is 3.57. The van der Waals surface area contributed by atoms with E-state index in [0.29, 0.717) is 27.4 Å². The van der Waals surface area contributed by atoms with E-state index >= 15 is 0 Å². The normalized spacial score (nSPS) is 11.9. The van der Waals surface area contributed by atoms with Crippen molar-refractivity contribution in [1.29, 1.82) is 0 Å². The summed E-state index contributed by atoms with van der Waals surface area (Å²) in [7, 11) is 2.93. The van der Waals surface area contributed by atoms with Crippen LogP contribution in [-0.4, -0.2) is 37.1 Å². The zero-order valence-corrected chi connectivity index (χ0v) is 23.4. The number of benzene rings is 2. The van der Waals surface area contributed by atoms with Crippen LogP contribution in [0.4, 0.5) is 14.9 Å². The van der Waals surface area contributed by atoms with Gasteiger partial charge in [0.05, 0.1) is 19.8 Å². The van der Waals surface area contributed by atoms with Crippen LogP contribution in [0, 0.1) is 5.82 Å². The Labute approximate surface area is 234 Å². The lowest BCUT2D eigenvalue weighted by molar-refractivity contribution is -0.904. The zero-order valence-electron chi connectivity index (χ0n) is 21.9. The molecule has 0 saturated heterocycles. The molecule has 3 rings (SSSR count). The summed E-state index contributed by atoms with van der Waals surface area (Å²) in [4.78, 5) is 25.1. The predicted octanol–water partition coefficient (Wildman–Crippen LogP) is 6.16. The van der Waals surface area contributed by atoms with Crippen molar-refractivity contribution in [2.75, 3.05) is 19.5 Å². The summed E-state index contributed by atoms with van der Waals surface area (Å²) < 4.78 is 37.2. The molecule has 9 nitrogen and oxygen atoms in total. The predicted molar refractivity (Wildman–Crippen MR) is 142 cm³/mol. The van der Waals surface area contributed by atoms with Crippen molar-refractivity contribution < 1.29 is 42.9 Å². The van der Waals surface area contributed by atoms with Gasteiger partial charge in [-0.3, -0.25) is 10.5 Å². The molecule has 1 aromatic heterocycles. The van der Waals surface area contributed by atoms with Crippen LogP contribution >= 0.6 is 23.2 Å². The van der Waals surface area contributed by atoms with Gasteiger partial charge in [-0.25, -0.2) is 14.0 Å². The maximum Gasteiger partial charge on any atom is 0.412 e. The molecule has 1 amide bonds. The van der Waals surface area contributed by atoms with Gasteiger partial charge in [0, 0.05) is 22.4 Å². The number of anilines is 1. The SMILES string of the molecule is COc1ccc([C@H](Cc2c(Cl)c[n+](O)cc2Cl)OC(=O)c2ccc(NC(=O)OC(C)(C)C)cc2F)cc1OC. The number of ether oxygens (including phenoxy) is 4. The summed E-state index contributed by atoms with van der Waals surface area (Å²) in [5.41, 5.74) is -0.150. The largest absolute Gasteiger partial charge is 0.493 e. The molecule has 1 atom stereocenters. The zero-order chi connectivity index (χ0) is 28.9. The van der Waals surface area contributed by atoms with E-state index in [1.165, 1.54) is 38.7 Å². The van der Waals surface area contributed by atoms with E-state index in [1.807, 2.05) is 0 Å². The summed E-state index contributed by atoms with van der Waals surface area (Å²) >= 11 is 12.6. The first-order valence-corrected chi connectivity index (χ1v) is 12.4. The van der Waals surface area contributed by atoms with Gasteiger partial charge < -0.3 is 18.9 Å². The second-order valence-electron chi connectivity index (χ2n) is 9.35. The molecule has 0 radical (unpaired) electrons. The van der Waals surface area contributed by atoms with Gasteiger partial charge in [0.1, 0.15) is 27.6 Å². The minimum absolute atomic E-state index is 0.0143. The van der Waals surface area contributed by atoms with E-state index in [2.05, 4.69) is 5.32 Å². The second-order valence-corrected chi connectivity index (χ2v) is 10.2. The van der Waals surface area contributed by atoms with E-state index in [9.17, 15) is 19.2 Å². The van der Waals surface area contributed by atoms with Gasteiger partial charge in [-0.2, -0.15) is 0 Å². The average Bonchev–Trinajstić information content (AvgIpc) is 2.83. The van der Waals surface area contributed by atoms with Gasteiger partial charge in [0.15, 0.2) is 11.5 Å². The first kappa shape index (κ1) is 29.8. The number of rotatable bonds is 8. The molecule has 0 aliphatic heterocycles. The molecular weight excluding hydrogens is 554 g/mol. The smallest absolute Gasteiger partial charge is 0.412 e. The topological polar surface area (TPSA) is 107 Å². The lowest BCUT2D eigenvalue weighted by Gasteiger charge is -2.21. The van der Waals surface area contributed by atoms with Crippen molar-refractivity contribution in [3.05, 3.63) is 81.3 Å². The standard InChI is InChI=1S/C27H27Cl2FN2O7/c1-27(2,3)39-26(34)31-16-7-8-17(21(30)11-16)25(33)38-23(12-18-19(28)13-32(35)14-20(18)29)15-6-9-22(36-4)24(10-15)37-5/h6-11,13-14,23H,12H2,1-5H3,(H-,31,33,34,35)/p+1/t23-/m0/s1. The van der Waals surface area contributed by atoms with E-state index in [4.69, 9.17) is 42.1 Å². The third-order valence-electron chi connectivity index (χ3n) is 5.32. The summed E-state index contributed by atoms with van der Waals surface area (Å²) in [5, 5.41) is 12.4. The number of pyridine rings is 1. The van der Waals surface area contributed by atoms with Crippen LogP contribution in [0.3, 0.4) is 0 Å². The van der Waals surface area contributed by atoms with Crippen LogP contribution in [-0.2, 0) is 15.9 Å². The highest BCUT2D eigenvalue weighted by molar-refractivity contribution is 6.35. The van der Waals surface area contributed by atoms with Crippen LogP contribution < -0.4 is 19.5 Å². The number of esters is 1. The Morgan fingerprint density at radius 3 is 2.23 bits per heavy atom. The fraction of sp³-hybridized carbons (Fsp3) is 0.296. The number of aromatic nitrogens is 1. The third-order valence-corrected chi connectivity index (χ3v) is 5.97. The second kappa shape index (κ2) is 12.4. The van der Waals surface area contributed by atoms with Gasteiger partial charge in [0.25, 0.3) is 0 Å². The highest BCUT2D eigenvalue weighted by Gasteiger charge is 2.26. The van der Waals surface area contributed by atoms with Crippen molar-refractivity contribution in [3.8, 4) is 11.5 Å². The summed E-state index contributed by atoms with van der Waals surface area (Å²) in [6, 6.07) is 8.41. The fourth-order valence-corrected chi connectivity index (χ4v) is 4.18. The monoisotopic (exact) mass is 581 g/mol. The molecule has 0 unspecified atom stereocenters. The molecule has 12 heteroatoms. The first-order valence-electron chi connectivity index (χ1n) is 11.6. The van der Waals surface area contributed by atoms with E-state index < -0.39 is 29.6 Å². The Morgan fingerprint density at radius 1 is 1.03 bits per heavy atom. The number of hydrogen-bond donors (Lipinski definition) is 2. The third kappa shape index (κ3) is 7.87. The van der Waals surface area contributed by atoms with Gasteiger partial charge >= 0.3 is 12.1 Å². The number of carbonyl (C=O) groups is 2. The molecule has 0 aliphatic carbocycles. The number of nitrogens with zero attached hydrogens (tertiary/aromatic N) is 1. The molecular formula is C27H28Cl2FN2O7+. The van der Waals surface area contributed by atoms with Crippen LogP contribution in [0.2, 0.25) is 10.0 Å². The van der Waals surface area contributed by atoms with Crippen molar-refractivity contribution in [1.82, 2.24) is 0 Å². The van der Waals surface area contributed by atoms with Gasteiger partial charge in [-0.15, -0.1) is 0 Å². The van der Waals surface area contributed by atoms with Crippen molar-refractivity contribution in [3.63, 3.8) is 0 Å². The molecule has 208 valence electrons. The maximum absolute atomic E-state index is 15.0. The molecule has 0 fully saturated rings. The molecule has 3 aromatic rings. The number of carbonyl (C=O) groups excluding carboxylic acids is 2. The van der Waals surface area contributed by atoms with E-state index in [1.54, 1.807) is 39.0 Å². The minimum atomic E-state index is -0.999. The van der Waals surface area contributed by atoms with Crippen LogP contribution in [0.5, 0.6) is 11.5 Å². The van der Waals surface area contributed by atoms with Gasteiger partial charge in [-0.1, -0.05) is 29.3 Å². The number of amides is 1. The molecule has 2 aromatic carbocycles. The highest BCUT2D eigenvalue weighted by Crippen LogP contribution is 2.35. The Kier molecular flexibility index (Phi) is 9.47. The van der Waals surface area contributed by atoms with Crippen LogP contribution in [0.15, 0.2) is 48.8 Å². The quantitative estimate of drug-likeness (QED) is 0.186. The molecule has 0 aliphatic rings. The Balaban J connectivity index is 1.92. The van der Waals surface area contributed by atoms with Crippen molar-refractivity contribution >= 4 is 41.0 Å². The summed E-state index contributed by atoms with van der Waals surface area (Å²) in [6.45, 7) is 5.08. The molecule has 0 bridgehead atoms. The lowest BCUT2D eigenvalue weighted by atomic mass is 10.0. The van der Waals surface area contributed by atoms with Gasteiger partial charge in [-0.05, 0) is 56.7 Å². The number of hydrogen-bond acceptors (Lipinski definition) is 7. The van der Waals surface area contributed by atoms with E-state index in [0.717, 1.165) is 6.07 Å².